The summed E-state index contributed by atoms with van der Waals surface area (Å²) in [6.07, 6.45) is 4.28. The van der Waals surface area contributed by atoms with Crippen molar-refractivity contribution < 1.29 is 9.53 Å². The van der Waals surface area contributed by atoms with Crippen LogP contribution in [0.15, 0.2) is 24.0 Å². The topological polar surface area (TPSA) is 38.3 Å². The number of fused-ring (bicyclic) bond motifs is 1. The van der Waals surface area contributed by atoms with Crippen molar-refractivity contribution in [2.24, 2.45) is 17.3 Å². The minimum atomic E-state index is -0.366. The summed E-state index contributed by atoms with van der Waals surface area (Å²) in [6, 6.07) is -0.0852. The van der Waals surface area contributed by atoms with Crippen LogP contribution >= 0.6 is 0 Å². The van der Waals surface area contributed by atoms with Gasteiger partial charge in [-0.3, -0.25) is 0 Å². The van der Waals surface area contributed by atoms with Crippen molar-refractivity contribution in [2.45, 2.75) is 32.7 Å². The zero-order valence-electron chi connectivity index (χ0n) is 9.75. The molecule has 1 N–H and O–H groups in total. The predicted molar refractivity (Wildman–Crippen MR) is 60.6 cm³/mol. The fourth-order valence-electron chi connectivity index (χ4n) is 3.40. The molecule has 4 rings (SSSR count). The number of nitrogens with one attached hydrogen (secondary N) is 1. The van der Waals surface area contributed by atoms with Gasteiger partial charge in [-0.25, -0.2) is 4.79 Å². The van der Waals surface area contributed by atoms with Gasteiger partial charge in [-0.05, 0) is 35.7 Å². The van der Waals surface area contributed by atoms with E-state index in [1.807, 2.05) is 0 Å². The van der Waals surface area contributed by atoms with E-state index in [1.165, 1.54) is 12.0 Å². The molecule has 1 saturated heterocycles. The maximum atomic E-state index is 11.2. The molecule has 0 aromatic carbocycles. The Bertz CT molecular complexity index is 408. The van der Waals surface area contributed by atoms with Crippen LogP contribution in [-0.2, 0) is 4.74 Å². The van der Waals surface area contributed by atoms with Gasteiger partial charge in [0.2, 0.25) is 0 Å². The van der Waals surface area contributed by atoms with E-state index in [4.69, 9.17) is 4.74 Å². The molecule has 1 unspecified atom stereocenters. The van der Waals surface area contributed by atoms with E-state index in [9.17, 15) is 4.79 Å². The fourth-order valence-corrected chi connectivity index (χ4v) is 3.40. The Labute approximate surface area is 95.5 Å². The highest BCUT2D eigenvalue weighted by Crippen LogP contribution is 2.60. The minimum Gasteiger partial charge on any atom is -0.413 e. The largest absolute Gasteiger partial charge is 0.413 e. The average molecular weight is 219 g/mol. The summed E-state index contributed by atoms with van der Waals surface area (Å²) in [7, 11) is 0. The first kappa shape index (κ1) is 9.94. The van der Waals surface area contributed by atoms with Crippen molar-refractivity contribution in [3.05, 3.63) is 24.0 Å². The second-order valence-corrected chi connectivity index (χ2v) is 5.68. The van der Waals surface area contributed by atoms with Gasteiger partial charge in [0.15, 0.2) is 0 Å². The monoisotopic (exact) mass is 219 g/mol. The van der Waals surface area contributed by atoms with E-state index in [2.05, 4.69) is 31.8 Å². The van der Waals surface area contributed by atoms with Crippen molar-refractivity contribution in [1.82, 2.24) is 5.32 Å². The normalized spacial score (nSPS) is 39.6. The molecular weight excluding hydrogens is 202 g/mol. The van der Waals surface area contributed by atoms with Crippen LogP contribution in [0, 0.1) is 17.3 Å². The Hall–Kier alpha value is -1.25. The second kappa shape index (κ2) is 2.90. The highest BCUT2D eigenvalue weighted by Gasteiger charge is 2.53. The number of hydrogen-bond donors (Lipinski definition) is 1. The van der Waals surface area contributed by atoms with Crippen molar-refractivity contribution >= 4 is 6.09 Å². The molecule has 1 saturated carbocycles. The lowest BCUT2D eigenvalue weighted by Gasteiger charge is -2.57. The average Bonchev–Trinajstić information content (AvgIpc) is 2.57. The molecule has 4 aliphatic rings. The van der Waals surface area contributed by atoms with Gasteiger partial charge in [0.25, 0.3) is 0 Å². The number of amides is 1. The molecule has 0 radical (unpaired) electrons. The van der Waals surface area contributed by atoms with Gasteiger partial charge in [0.05, 0.1) is 0 Å². The first-order valence-electron chi connectivity index (χ1n) is 5.87. The highest BCUT2D eigenvalue weighted by molar-refractivity contribution is 5.73. The number of ether oxygens (including phenoxy) is 1. The molecule has 2 bridgehead atoms. The van der Waals surface area contributed by atoms with Crippen LogP contribution in [0.4, 0.5) is 4.79 Å². The molecule has 1 amide bonds. The maximum absolute atomic E-state index is 11.2. The molecule has 16 heavy (non-hydrogen) atoms. The van der Waals surface area contributed by atoms with Crippen LogP contribution in [0.5, 0.6) is 0 Å². The SMILES string of the molecule is C=C1OC(=O)NC1C1=CC[C@H]2C[C@@H]1C2(C)C. The molecule has 0 aromatic rings. The van der Waals surface area contributed by atoms with Crippen LogP contribution in [-0.4, -0.2) is 12.1 Å². The fraction of sp³-hybridized carbons (Fsp3) is 0.615. The Morgan fingerprint density at radius 1 is 1.56 bits per heavy atom. The van der Waals surface area contributed by atoms with Crippen molar-refractivity contribution in [3.8, 4) is 0 Å². The van der Waals surface area contributed by atoms with Crippen molar-refractivity contribution in [1.29, 1.82) is 0 Å². The predicted octanol–water partition coefficient (Wildman–Crippen LogP) is 2.60. The quantitative estimate of drug-likeness (QED) is 0.688. The van der Waals surface area contributed by atoms with Crippen molar-refractivity contribution in [3.63, 3.8) is 0 Å². The third kappa shape index (κ3) is 1.11. The van der Waals surface area contributed by atoms with Gasteiger partial charge in [0, 0.05) is 0 Å². The highest BCUT2D eigenvalue weighted by atomic mass is 16.6. The van der Waals surface area contributed by atoms with Gasteiger partial charge < -0.3 is 10.1 Å². The molecule has 1 heterocycles. The first-order chi connectivity index (χ1) is 7.50. The van der Waals surface area contributed by atoms with Crippen LogP contribution in [0.3, 0.4) is 0 Å². The van der Waals surface area contributed by atoms with E-state index >= 15 is 0 Å². The molecule has 1 aliphatic heterocycles. The lowest BCUT2D eigenvalue weighted by atomic mass is 9.48. The number of hydrogen-bond acceptors (Lipinski definition) is 2. The minimum absolute atomic E-state index is 0.0852. The summed E-state index contributed by atoms with van der Waals surface area (Å²) in [5, 5.41) is 2.84. The third-order valence-corrected chi connectivity index (χ3v) is 4.65. The summed E-state index contributed by atoms with van der Waals surface area (Å²) < 4.78 is 4.98. The zero-order valence-corrected chi connectivity index (χ0v) is 9.75. The maximum Gasteiger partial charge on any atom is 0.413 e. The molecule has 3 nitrogen and oxygen atoms in total. The molecule has 3 heteroatoms. The van der Waals surface area contributed by atoms with E-state index in [0.29, 0.717) is 17.1 Å². The molecule has 3 aliphatic carbocycles. The summed E-state index contributed by atoms with van der Waals surface area (Å²) in [5.74, 6) is 1.94. The van der Waals surface area contributed by atoms with Gasteiger partial charge in [0.1, 0.15) is 11.8 Å². The van der Waals surface area contributed by atoms with Crippen molar-refractivity contribution in [2.75, 3.05) is 0 Å². The number of cyclic esters (lactones) is 1. The number of carbonyl (C=O) groups excluding carboxylic acids is 1. The lowest BCUT2D eigenvalue weighted by Crippen LogP contribution is -2.51. The van der Waals surface area contributed by atoms with Gasteiger partial charge in [-0.15, -0.1) is 0 Å². The summed E-state index contributed by atoms with van der Waals surface area (Å²) >= 11 is 0. The summed E-state index contributed by atoms with van der Waals surface area (Å²) in [4.78, 5) is 11.2. The Balaban J connectivity index is 1.89. The standard InChI is InChI=1S/C13H17NO2/c1-7-11(14-12(15)16-7)9-5-4-8-6-10(9)13(8,2)3/h5,8,10-11H,1,4,6H2,2-3H3,(H,14,15)/t8-,10-,11?/m0/s1. The van der Waals surface area contributed by atoms with Crippen LogP contribution in [0.25, 0.3) is 0 Å². The molecule has 2 fully saturated rings. The molecule has 86 valence electrons. The van der Waals surface area contributed by atoms with E-state index in [0.717, 1.165) is 12.3 Å². The van der Waals surface area contributed by atoms with E-state index in [1.54, 1.807) is 0 Å². The second-order valence-electron chi connectivity index (χ2n) is 5.68. The lowest BCUT2D eigenvalue weighted by molar-refractivity contribution is -0.00945. The molecule has 0 spiro atoms. The van der Waals surface area contributed by atoms with Gasteiger partial charge in [-0.2, -0.15) is 0 Å². The van der Waals surface area contributed by atoms with E-state index < -0.39 is 0 Å². The molecule has 3 atom stereocenters. The summed E-state index contributed by atoms with van der Waals surface area (Å²) in [6.45, 7) is 8.45. The number of allylic oxidation sites excluding steroid dienone is 1. The third-order valence-electron chi connectivity index (χ3n) is 4.65. The number of alkyl carbamates (subject to hydrolysis) is 1. The molecular formula is C13H17NO2. The number of rotatable bonds is 1. The van der Waals surface area contributed by atoms with Crippen LogP contribution in [0.2, 0.25) is 0 Å². The number of carbonyl (C=O) groups is 1. The Morgan fingerprint density at radius 3 is 2.81 bits per heavy atom. The smallest absolute Gasteiger partial charge is 0.413 e. The van der Waals surface area contributed by atoms with E-state index in [-0.39, 0.29) is 12.1 Å². The molecule has 0 aromatic heterocycles. The zero-order chi connectivity index (χ0) is 11.5. The Morgan fingerprint density at radius 2 is 2.31 bits per heavy atom. The summed E-state index contributed by atoms with van der Waals surface area (Å²) in [5.41, 5.74) is 1.68. The van der Waals surface area contributed by atoms with Crippen LogP contribution in [0.1, 0.15) is 26.7 Å². The first-order valence-corrected chi connectivity index (χ1v) is 5.87. The van der Waals surface area contributed by atoms with Crippen LogP contribution < -0.4 is 5.32 Å². The van der Waals surface area contributed by atoms with Gasteiger partial charge in [-0.1, -0.05) is 26.5 Å². The Kier molecular flexibility index (Phi) is 1.80. The van der Waals surface area contributed by atoms with Gasteiger partial charge >= 0.3 is 6.09 Å².